The first-order valence-corrected chi connectivity index (χ1v) is 5.37. The van der Waals surface area contributed by atoms with Crippen LogP contribution in [0.1, 0.15) is 12.0 Å². The van der Waals surface area contributed by atoms with Gasteiger partial charge in [-0.05, 0) is 18.2 Å². The SMILES string of the molecule is CN(CCC(=O)O)C(=O)Nc1ccc(C#N)c(F)c1. The Morgan fingerprint density at radius 3 is 2.74 bits per heavy atom. The Labute approximate surface area is 109 Å². The van der Waals surface area contributed by atoms with Gasteiger partial charge in [-0.15, -0.1) is 0 Å². The van der Waals surface area contributed by atoms with Crippen LogP contribution < -0.4 is 5.32 Å². The Balaban J connectivity index is 2.64. The van der Waals surface area contributed by atoms with Crippen LogP contribution in [0.2, 0.25) is 0 Å². The van der Waals surface area contributed by atoms with Crippen LogP contribution in [0, 0.1) is 17.1 Å². The number of nitrogens with zero attached hydrogens (tertiary/aromatic N) is 2. The van der Waals surface area contributed by atoms with Crippen LogP contribution in [0.15, 0.2) is 18.2 Å². The van der Waals surface area contributed by atoms with E-state index < -0.39 is 17.8 Å². The van der Waals surface area contributed by atoms with Crippen molar-refractivity contribution in [3.63, 3.8) is 0 Å². The number of aliphatic carboxylic acids is 1. The number of carboxylic acid groups (broad SMARTS) is 1. The topological polar surface area (TPSA) is 93.4 Å². The smallest absolute Gasteiger partial charge is 0.321 e. The highest BCUT2D eigenvalue weighted by atomic mass is 19.1. The van der Waals surface area contributed by atoms with E-state index >= 15 is 0 Å². The van der Waals surface area contributed by atoms with Crippen LogP contribution in [0.5, 0.6) is 0 Å². The van der Waals surface area contributed by atoms with Gasteiger partial charge in [0.25, 0.3) is 0 Å². The number of urea groups is 1. The molecule has 0 aliphatic carbocycles. The number of hydrogen-bond donors (Lipinski definition) is 2. The van der Waals surface area contributed by atoms with Gasteiger partial charge in [-0.3, -0.25) is 4.79 Å². The molecule has 0 saturated heterocycles. The van der Waals surface area contributed by atoms with Gasteiger partial charge in [0.05, 0.1) is 12.0 Å². The largest absolute Gasteiger partial charge is 0.481 e. The molecule has 0 saturated carbocycles. The Morgan fingerprint density at radius 1 is 1.53 bits per heavy atom. The van der Waals surface area contributed by atoms with Crippen molar-refractivity contribution in [1.82, 2.24) is 4.90 Å². The van der Waals surface area contributed by atoms with E-state index in [-0.39, 0.29) is 24.2 Å². The summed E-state index contributed by atoms with van der Waals surface area (Å²) in [4.78, 5) is 23.2. The molecule has 0 spiro atoms. The zero-order chi connectivity index (χ0) is 14.4. The molecule has 100 valence electrons. The van der Waals surface area contributed by atoms with Gasteiger partial charge in [0, 0.05) is 19.3 Å². The van der Waals surface area contributed by atoms with E-state index in [2.05, 4.69) is 5.32 Å². The highest BCUT2D eigenvalue weighted by molar-refractivity contribution is 5.89. The third kappa shape index (κ3) is 4.27. The van der Waals surface area contributed by atoms with Crippen LogP contribution in [-0.2, 0) is 4.79 Å². The number of nitriles is 1. The van der Waals surface area contributed by atoms with Gasteiger partial charge in [-0.2, -0.15) is 5.26 Å². The van der Waals surface area contributed by atoms with Crippen molar-refractivity contribution < 1.29 is 19.1 Å². The summed E-state index contributed by atoms with van der Waals surface area (Å²) in [5.74, 6) is -1.74. The second kappa shape index (κ2) is 6.35. The summed E-state index contributed by atoms with van der Waals surface area (Å²) >= 11 is 0. The second-order valence-electron chi connectivity index (χ2n) is 3.80. The van der Waals surface area contributed by atoms with Crippen molar-refractivity contribution in [2.75, 3.05) is 18.9 Å². The molecule has 0 unspecified atom stereocenters. The number of anilines is 1. The average Bonchev–Trinajstić information content (AvgIpc) is 2.36. The van der Waals surface area contributed by atoms with Crippen LogP contribution in [-0.4, -0.2) is 35.6 Å². The molecule has 1 rings (SSSR count). The summed E-state index contributed by atoms with van der Waals surface area (Å²) in [7, 11) is 1.43. The maximum atomic E-state index is 13.3. The van der Waals surface area contributed by atoms with Crippen LogP contribution >= 0.6 is 0 Å². The molecule has 6 nitrogen and oxygen atoms in total. The fourth-order valence-electron chi connectivity index (χ4n) is 1.27. The van der Waals surface area contributed by atoms with E-state index in [4.69, 9.17) is 10.4 Å². The molecule has 0 aliphatic rings. The predicted octanol–water partition coefficient (Wildman–Crippen LogP) is 1.64. The predicted molar refractivity (Wildman–Crippen MR) is 65.0 cm³/mol. The van der Waals surface area contributed by atoms with Crippen molar-refractivity contribution >= 4 is 17.7 Å². The maximum Gasteiger partial charge on any atom is 0.321 e. The number of carboxylic acids is 1. The minimum Gasteiger partial charge on any atom is -0.481 e. The molecule has 2 N–H and O–H groups in total. The lowest BCUT2D eigenvalue weighted by atomic mass is 10.2. The van der Waals surface area contributed by atoms with Gasteiger partial charge in [0.2, 0.25) is 0 Å². The summed E-state index contributed by atoms with van der Waals surface area (Å²) in [6.45, 7) is 0.0416. The second-order valence-corrected chi connectivity index (χ2v) is 3.80. The van der Waals surface area contributed by atoms with E-state index in [1.165, 1.54) is 24.1 Å². The van der Waals surface area contributed by atoms with Crippen LogP contribution in [0.25, 0.3) is 0 Å². The molecule has 0 bridgehead atoms. The number of nitrogens with one attached hydrogen (secondary N) is 1. The minimum atomic E-state index is -1.01. The first kappa shape index (κ1) is 14.4. The molecule has 1 aromatic rings. The van der Waals surface area contributed by atoms with Crippen molar-refractivity contribution in [1.29, 1.82) is 5.26 Å². The van der Waals surface area contributed by atoms with Crippen LogP contribution in [0.3, 0.4) is 0 Å². The van der Waals surface area contributed by atoms with E-state index in [0.717, 1.165) is 6.07 Å². The van der Waals surface area contributed by atoms with E-state index in [0.29, 0.717) is 0 Å². The third-order valence-electron chi connectivity index (χ3n) is 2.35. The lowest BCUT2D eigenvalue weighted by Crippen LogP contribution is -2.33. The number of benzene rings is 1. The lowest BCUT2D eigenvalue weighted by Gasteiger charge is -2.16. The molecule has 7 heteroatoms. The Kier molecular flexibility index (Phi) is 4.83. The maximum absolute atomic E-state index is 13.3. The summed E-state index contributed by atoms with van der Waals surface area (Å²) in [5.41, 5.74) is 0.0842. The quantitative estimate of drug-likeness (QED) is 0.865. The van der Waals surface area contributed by atoms with E-state index in [1.807, 2.05) is 0 Å². The van der Waals surface area contributed by atoms with Crippen molar-refractivity contribution in [2.24, 2.45) is 0 Å². The monoisotopic (exact) mass is 265 g/mol. The number of halogens is 1. The zero-order valence-electron chi connectivity index (χ0n) is 10.2. The zero-order valence-corrected chi connectivity index (χ0v) is 10.2. The van der Waals surface area contributed by atoms with Crippen molar-refractivity contribution in [3.8, 4) is 6.07 Å². The number of hydrogen-bond acceptors (Lipinski definition) is 3. The number of rotatable bonds is 4. The molecule has 0 aliphatic heterocycles. The molecule has 2 amide bonds. The Hall–Kier alpha value is -2.62. The molecule has 1 aromatic carbocycles. The van der Waals surface area contributed by atoms with Gasteiger partial charge in [-0.1, -0.05) is 0 Å². The fourth-order valence-corrected chi connectivity index (χ4v) is 1.27. The minimum absolute atomic E-state index is 0.0416. The summed E-state index contributed by atoms with van der Waals surface area (Å²) in [5, 5.41) is 19.5. The van der Waals surface area contributed by atoms with E-state index in [1.54, 1.807) is 6.07 Å². The molecule has 0 fully saturated rings. The summed E-state index contributed by atoms with van der Waals surface area (Å²) < 4.78 is 13.3. The Bertz CT molecular complexity index is 540. The number of carbonyl (C=O) groups excluding carboxylic acids is 1. The van der Waals surface area contributed by atoms with Crippen LogP contribution in [0.4, 0.5) is 14.9 Å². The highest BCUT2D eigenvalue weighted by Crippen LogP contribution is 2.14. The Morgan fingerprint density at radius 2 is 2.21 bits per heavy atom. The average molecular weight is 265 g/mol. The summed E-state index contributed by atoms with van der Waals surface area (Å²) in [6.07, 6.45) is -0.175. The number of amides is 2. The molecule has 0 heterocycles. The highest BCUT2D eigenvalue weighted by Gasteiger charge is 2.11. The first-order chi connectivity index (χ1) is 8.93. The lowest BCUT2D eigenvalue weighted by molar-refractivity contribution is -0.137. The standard InChI is InChI=1S/C12H12FN3O3/c1-16(5-4-11(17)18)12(19)15-9-3-2-8(7-14)10(13)6-9/h2-3,6H,4-5H2,1H3,(H,15,19)(H,17,18). The van der Waals surface area contributed by atoms with Crippen molar-refractivity contribution in [3.05, 3.63) is 29.6 Å². The first-order valence-electron chi connectivity index (χ1n) is 5.37. The van der Waals surface area contributed by atoms with Gasteiger partial charge in [0.15, 0.2) is 0 Å². The molecule has 19 heavy (non-hydrogen) atoms. The van der Waals surface area contributed by atoms with Gasteiger partial charge < -0.3 is 15.3 Å². The van der Waals surface area contributed by atoms with E-state index in [9.17, 15) is 14.0 Å². The molecule has 0 aromatic heterocycles. The summed E-state index contributed by atoms with van der Waals surface area (Å²) in [6, 6.07) is 4.79. The molecule has 0 atom stereocenters. The van der Waals surface area contributed by atoms with Gasteiger partial charge in [0.1, 0.15) is 11.9 Å². The number of carbonyl (C=O) groups is 2. The molecular formula is C12H12FN3O3. The molecule has 0 radical (unpaired) electrons. The molecular weight excluding hydrogens is 253 g/mol. The normalized spacial score (nSPS) is 9.53. The fraction of sp³-hybridized carbons (Fsp3) is 0.250. The third-order valence-corrected chi connectivity index (χ3v) is 2.35. The van der Waals surface area contributed by atoms with Crippen molar-refractivity contribution in [2.45, 2.75) is 6.42 Å². The van der Waals surface area contributed by atoms with Gasteiger partial charge >= 0.3 is 12.0 Å². The van der Waals surface area contributed by atoms with Gasteiger partial charge in [-0.25, -0.2) is 9.18 Å².